The average molecular weight is 942 g/mol. The van der Waals surface area contributed by atoms with E-state index in [4.69, 9.17) is 9.47 Å². The lowest BCUT2D eigenvalue weighted by atomic mass is 10.4. The third kappa shape index (κ3) is 23.7. The van der Waals surface area contributed by atoms with Gasteiger partial charge in [0.15, 0.2) is 11.6 Å². The van der Waals surface area contributed by atoms with Crippen LogP contribution in [0, 0.1) is 0 Å². The molecule has 1 aliphatic heterocycles. The van der Waals surface area contributed by atoms with Gasteiger partial charge in [-0.1, -0.05) is 145 Å². The first-order valence-electron chi connectivity index (χ1n) is 7.20. The lowest BCUT2D eigenvalue weighted by Gasteiger charge is -2.21. The highest BCUT2D eigenvalue weighted by Gasteiger charge is 2.33. The summed E-state index contributed by atoms with van der Waals surface area (Å²) in [6, 6.07) is 0. The number of ether oxygens (including phenoxy) is 2. The molecule has 1 aliphatic rings. The van der Waals surface area contributed by atoms with Crippen LogP contribution in [-0.4, -0.2) is 52.5 Å². The molecule has 0 aliphatic carbocycles. The third-order valence-corrected chi connectivity index (χ3v) is 7.82. The van der Waals surface area contributed by atoms with Crippen molar-refractivity contribution in [1.82, 2.24) is 0 Å². The molecule has 0 unspecified atom stereocenters. The molecule has 3 nitrogen and oxygen atoms in total. The quantitative estimate of drug-likeness (QED) is 0.208. The van der Waals surface area contributed by atoms with Crippen LogP contribution in [-0.2, 0) is 14.3 Å². The topological polar surface area (TPSA) is 35.5 Å². The monoisotopic (exact) mass is 938 g/mol. The Balaban J connectivity index is -0.000000260. The maximum Gasteiger partial charge on any atom is 0.187 e. The molecule has 10 heteroatoms. The number of carbonyl (C=O) groups excluding carboxylic acids is 1. The van der Waals surface area contributed by atoms with Crippen LogP contribution in [0.1, 0.15) is 26.7 Å². The Morgan fingerprint density at radius 3 is 1.46 bits per heavy atom. The fourth-order valence-corrected chi connectivity index (χ4v) is 3.23. The van der Waals surface area contributed by atoms with Crippen LogP contribution in [0.2, 0.25) is 0 Å². The van der Waals surface area contributed by atoms with Gasteiger partial charge in [-0.3, -0.25) is 4.79 Å². The highest BCUT2D eigenvalue weighted by Crippen LogP contribution is 2.23. The Morgan fingerprint density at radius 2 is 1.38 bits per heavy atom. The van der Waals surface area contributed by atoms with Gasteiger partial charge in [0.05, 0.1) is 36.5 Å². The highest BCUT2D eigenvalue weighted by molar-refractivity contribution is 14.2. The second-order valence-corrected chi connectivity index (χ2v) is 12.9. The van der Waals surface area contributed by atoms with Crippen LogP contribution < -0.4 is 0 Å². The summed E-state index contributed by atoms with van der Waals surface area (Å²) in [5.74, 6) is -0.213. The summed E-state index contributed by atoms with van der Waals surface area (Å²) >= 11 is 19.8. The van der Waals surface area contributed by atoms with Crippen molar-refractivity contribution in [3.63, 3.8) is 0 Å². The summed E-state index contributed by atoms with van der Waals surface area (Å²) in [6.45, 7) is 5.77. The molecule has 24 heavy (non-hydrogen) atoms. The lowest BCUT2D eigenvalue weighted by Crippen LogP contribution is -2.33. The molecular weight excluding hydrogens is 916 g/mol. The van der Waals surface area contributed by atoms with E-state index in [9.17, 15) is 4.79 Å². The van der Waals surface area contributed by atoms with Crippen molar-refractivity contribution in [2.24, 2.45) is 0 Å². The van der Waals surface area contributed by atoms with E-state index in [0.29, 0.717) is 23.9 Å². The molecule has 1 saturated heterocycles. The van der Waals surface area contributed by atoms with Crippen molar-refractivity contribution >= 4 is 137 Å². The number of halogens is 7. The van der Waals surface area contributed by atoms with Crippen LogP contribution in [0.4, 0.5) is 0 Å². The van der Waals surface area contributed by atoms with E-state index in [1.54, 1.807) is 0 Å². The molecule has 0 spiro atoms. The third-order valence-electron chi connectivity index (χ3n) is 2.02. The minimum atomic E-state index is -0.389. The van der Waals surface area contributed by atoms with Gasteiger partial charge in [0.1, 0.15) is 0 Å². The van der Waals surface area contributed by atoms with Crippen molar-refractivity contribution < 1.29 is 14.3 Å². The van der Waals surface area contributed by atoms with E-state index in [1.807, 2.05) is 0 Å². The second-order valence-electron chi connectivity index (χ2n) is 4.17. The van der Waals surface area contributed by atoms with Gasteiger partial charge in [-0.2, -0.15) is 0 Å². The average Bonchev–Trinajstić information content (AvgIpc) is 3.11. The minimum Gasteiger partial charge on any atom is -0.346 e. The first kappa shape index (κ1) is 32.4. The molecular formula is C14H25Br4I3O3. The molecule has 0 bridgehead atoms. The van der Waals surface area contributed by atoms with Crippen LogP contribution in [0.5, 0.6) is 0 Å². The maximum absolute atomic E-state index is 10.1. The SMILES string of the molecule is BrCC1(CBr)OCCO1.CCC(I)I.CCCI.O=C(CBr)CBr. The van der Waals surface area contributed by atoms with E-state index in [2.05, 4.69) is 145 Å². The van der Waals surface area contributed by atoms with Crippen LogP contribution >= 0.6 is 131 Å². The molecule has 0 atom stereocenters. The number of rotatable bonds is 6. The van der Waals surface area contributed by atoms with E-state index < -0.39 is 0 Å². The summed E-state index contributed by atoms with van der Waals surface area (Å²) < 4.78 is 12.8. The van der Waals surface area contributed by atoms with Gasteiger partial charge in [-0.25, -0.2) is 0 Å². The Bertz CT molecular complexity index is 256. The van der Waals surface area contributed by atoms with Crippen molar-refractivity contribution in [3.8, 4) is 0 Å². The van der Waals surface area contributed by atoms with Crippen molar-refractivity contribution in [1.29, 1.82) is 0 Å². The van der Waals surface area contributed by atoms with Gasteiger partial charge in [-0.05, 0) is 17.3 Å². The van der Waals surface area contributed by atoms with Crippen LogP contribution in [0.15, 0.2) is 0 Å². The van der Waals surface area contributed by atoms with E-state index >= 15 is 0 Å². The van der Waals surface area contributed by atoms with Crippen molar-refractivity contribution in [2.75, 3.05) is 39.0 Å². The molecule has 1 heterocycles. The van der Waals surface area contributed by atoms with Gasteiger partial charge >= 0.3 is 0 Å². The number of Topliss-reactive ketones (excluding diaryl/α,β-unsaturated/α-hetero) is 1. The lowest BCUT2D eigenvalue weighted by molar-refractivity contribution is -0.115. The molecule has 0 amide bonds. The number of hydrogen-bond donors (Lipinski definition) is 0. The predicted molar refractivity (Wildman–Crippen MR) is 146 cm³/mol. The van der Waals surface area contributed by atoms with Gasteiger partial charge < -0.3 is 9.47 Å². The summed E-state index contributed by atoms with van der Waals surface area (Å²) in [4.78, 5) is 10.1. The van der Waals surface area contributed by atoms with Gasteiger partial charge in [0.25, 0.3) is 0 Å². The van der Waals surface area contributed by atoms with Crippen LogP contribution in [0.25, 0.3) is 0 Å². The first-order chi connectivity index (χ1) is 11.3. The number of ketones is 1. The Hall–Kier alpha value is 3.70. The summed E-state index contributed by atoms with van der Waals surface area (Å²) in [5, 5.41) is 2.37. The van der Waals surface area contributed by atoms with Crippen LogP contribution in [0.3, 0.4) is 0 Å². The largest absolute Gasteiger partial charge is 0.346 e. The molecule has 1 rings (SSSR count). The molecule has 0 saturated carbocycles. The van der Waals surface area contributed by atoms with Gasteiger partial charge in [-0.15, -0.1) is 0 Å². The summed E-state index contributed by atoms with van der Waals surface area (Å²) in [6.07, 6.45) is 2.58. The first-order valence-corrected chi connectivity index (χ1v) is 15.7. The number of hydrogen-bond acceptors (Lipinski definition) is 3. The Labute approximate surface area is 221 Å². The van der Waals surface area contributed by atoms with Gasteiger partial charge in [0.2, 0.25) is 0 Å². The predicted octanol–water partition coefficient (Wildman–Crippen LogP) is 7.29. The van der Waals surface area contributed by atoms with E-state index in [0.717, 1.165) is 12.6 Å². The maximum atomic E-state index is 10.1. The zero-order chi connectivity index (χ0) is 19.4. The molecule has 1 fully saturated rings. The minimum absolute atomic E-state index is 0.176. The molecule has 148 valence electrons. The summed E-state index contributed by atoms with van der Waals surface area (Å²) in [7, 11) is 0. The highest BCUT2D eigenvalue weighted by atomic mass is 127. The number of carbonyl (C=O) groups is 1. The summed E-state index contributed by atoms with van der Waals surface area (Å²) in [5.41, 5.74) is 0. The van der Waals surface area contributed by atoms with Crippen molar-refractivity contribution in [3.05, 3.63) is 0 Å². The fraction of sp³-hybridized carbons (Fsp3) is 0.929. The zero-order valence-corrected chi connectivity index (χ0v) is 26.6. The van der Waals surface area contributed by atoms with E-state index in [1.165, 1.54) is 17.3 Å². The van der Waals surface area contributed by atoms with Gasteiger partial charge in [0, 0.05) is 0 Å². The van der Waals surface area contributed by atoms with E-state index in [-0.39, 0.29) is 11.6 Å². The smallest absolute Gasteiger partial charge is 0.187 e. The Morgan fingerprint density at radius 1 is 1.04 bits per heavy atom. The molecule has 0 N–H and O–H groups in total. The molecule has 0 radical (unpaired) electrons. The molecule has 0 aromatic rings. The molecule has 0 aromatic carbocycles. The number of alkyl halides is 7. The van der Waals surface area contributed by atoms with Crippen molar-refractivity contribution in [2.45, 2.75) is 34.4 Å². The zero-order valence-electron chi connectivity index (χ0n) is 13.8. The normalized spacial score (nSPS) is 14.6. The standard InChI is InChI=1S/C5H8Br2O2.C3H4Br2O.C3H6I2.C3H7I/c6-3-5(4-7)8-1-2-9-5;4-1-3(6)2-5;1-2-3(4)5;1-2-3-4/h1-4H2;1-2H2;3H,2H2,1H3;2-3H2,1H3. The fourth-order valence-electron chi connectivity index (χ4n) is 0.723. The Kier molecular flexibility index (Phi) is 33.4. The molecule has 0 aromatic heterocycles. The second kappa shape index (κ2) is 24.7.